The van der Waals surface area contributed by atoms with Crippen LogP contribution in [0.3, 0.4) is 0 Å². The van der Waals surface area contributed by atoms with Crippen LogP contribution in [0.5, 0.6) is 0 Å². The molecule has 1 aromatic carbocycles. The maximum atomic E-state index is 11.9. The summed E-state index contributed by atoms with van der Waals surface area (Å²) in [7, 11) is 0. The van der Waals surface area contributed by atoms with Crippen LogP contribution < -0.4 is 16.4 Å². The van der Waals surface area contributed by atoms with Gasteiger partial charge >= 0.3 is 0 Å². The molecule has 1 saturated carbocycles. The quantitative estimate of drug-likeness (QED) is 0.791. The SMILES string of the molecule is CC(=O)Nc1cccc(C(C)NC(=O)C2(N)CC2)c1.Cl. The standard InChI is InChI=1S/C14H19N3O2.ClH/c1-9(16-13(19)14(15)6-7-14)11-4-3-5-12(8-11)17-10(2)18;/h3-5,8-9H,6-7,15H2,1-2H3,(H,16,19)(H,17,18);1H. The maximum absolute atomic E-state index is 11.9. The monoisotopic (exact) mass is 297 g/mol. The van der Waals surface area contributed by atoms with Crippen LogP contribution in [0, 0.1) is 0 Å². The van der Waals surface area contributed by atoms with E-state index in [2.05, 4.69) is 10.6 Å². The lowest BCUT2D eigenvalue weighted by Gasteiger charge is -2.18. The van der Waals surface area contributed by atoms with Gasteiger partial charge in [-0.25, -0.2) is 0 Å². The minimum absolute atomic E-state index is 0. The molecular formula is C14H20ClN3O2. The average molecular weight is 298 g/mol. The molecular weight excluding hydrogens is 278 g/mol. The number of hydrogen-bond acceptors (Lipinski definition) is 3. The Kier molecular flexibility index (Phi) is 5.14. The Morgan fingerprint density at radius 2 is 2.00 bits per heavy atom. The van der Waals surface area contributed by atoms with Crippen molar-refractivity contribution in [2.45, 2.75) is 38.3 Å². The van der Waals surface area contributed by atoms with Crippen molar-refractivity contribution in [3.8, 4) is 0 Å². The highest BCUT2D eigenvalue weighted by atomic mass is 35.5. The lowest BCUT2D eigenvalue weighted by Crippen LogP contribution is -2.43. The van der Waals surface area contributed by atoms with Gasteiger partial charge in [0.05, 0.1) is 11.6 Å². The third kappa shape index (κ3) is 3.95. The highest BCUT2D eigenvalue weighted by molar-refractivity contribution is 5.90. The molecule has 2 rings (SSSR count). The molecule has 1 aromatic rings. The molecule has 6 heteroatoms. The van der Waals surface area contributed by atoms with Crippen molar-refractivity contribution in [3.05, 3.63) is 29.8 Å². The third-order valence-electron chi connectivity index (χ3n) is 3.30. The van der Waals surface area contributed by atoms with Gasteiger partial charge in [-0.1, -0.05) is 12.1 Å². The summed E-state index contributed by atoms with van der Waals surface area (Å²) in [5, 5.41) is 5.62. The van der Waals surface area contributed by atoms with Crippen molar-refractivity contribution in [2.75, 3.05) is 5.32 Å². The van der Waals surface area contributed by atoms with E-state index < -0.39 is 5.54 Å². The zero-order chi connectivity index (χ0) is 14.0. The second kappa shape index (κ2) is 6.24. The average Bonchev–Trinajstić information content (AvgIpc) is 3.08. The normalized spacial score (nSPS) is 16.6. The van der Waals surface area contributed by atoms with Gasteiger partial charge in [-0.3, -0.25) is 9.59 Å². The molecule has 0 aliphatic heterocycles. The summed E-state index contributed by atoms with van der Waals surface area (Å²) < 4.78 is 0. The van der Waals surface area contributed by atoms with Crippen molar-refractivity contribution in [1.29, 1.82) is 0 Å². The van der Waals surface area contributed by atoms with E-state index in [9.17, 15) is 9.59 Å². The number of rotatable bonds is 4. The van der Waals surface area contributed by atoms with Gasteiger partial charge in [0.2, 0.25) is 11.8 Å². The van der Waals surface area contributed by atoms with Crippen molar-refractivity contribution < 1.29 is 9.59 Å². The zero-order valence-corrected chi connectivity index (χ0v) is 12.4. The highest BCUT2D eigenvalue weighted by Gasteiger charge is 2.46. The summed E-state index contributed by atoms with van der Waals surface area (Å²) >= 11 is 0. The number of hydrogen-bond donors (Lipinski definition) is 3. The molecule has 1 unspecified atom stereocenters. The molecule has 5 nitrogen and oxygen atoms in total. The van der Waals surface area contributed by atoms with Gasteiger partial charge in [-0.2, -0.15) is 0 Å². The van der Waals surface area contributed by atoms with E-state index >= 15 is 0 Å². The molecule has 0 spiro atoms. The fraction of sp³-hybridized carbons (Fsp3) is 0.429. The number of nitrogens with one attached hydrogen (secondary N) is 2. The van der Waals surface area contributed by atoms with Gasteiger partial charge in [-0.05, 0) is 37.5 Å². The molecule has 1 fully saturated rings. The number of carbonyl (C=O) groups is 2. The first-order valence-corrected chi connectivity index (χ1v) is 6.38. The molecule has 0 radical (unpaired) electrons. The van der Waals surface area contributed by atoms with Gasteiger partial charge in [0.25, 0.3) is 0 Å². The Morgan fingerprint density at radius 3 is 2.55 bits per heavy atom. The summed E-state index contributed by atoms with van der Waals surface area (Å²) in [5.41, 5.74) is 6.84. The lowest BCUT2D eigenvalue weighted by atomic mass is 10.1. The summed E-state index contributed by atoms with van der Waals surface area (Å²) in [6, 6.07) is 7.28. The van der Waals surface area contributed by atoms with E-state index in [0.717, 1.165) is 24.1 Å². The smallest absolute Gasteiger partial charge is 0.240 e. The molecule has 1 aliphatic rings. The Hall–Kier alpha value is -1.59. The van der Waals surface area contributed by atoms with Crippen LogP contribution in [0.15, 0.2) is 24.3 Å². The van der Waals surface area contributed by atoms with Crippen LogP contribution in [-0.4, -0.2) is 17.4 Å². The van der Waals surface area contributed by atoms with Gasteiger partial charge in [0, 0.05) is 12.6 Å². The van der Waals surface area contributed by atoms with E-state index in [1.165, 1.54) is 6.92 Å². The van der Waals surface area contributed by atoms with Gasteiger partial charge in [0.15, 0.2) is 0 Å². The molecule has 20 heavy (non-hydrogen) atoms. The minimum Gasteiger partial charge on any atom is -0.348 e. The largest absolute Gasteiger partial charge is 0.348 e. The molecule has 0 bridgehead atoms. The van der Waals surface area contributed by atoms with E-state index in [4.69, 9.17) is 5.73 Å². The fourth-order valence-corrected chi connectivity index (χ4v) is 1.87. The molecule has 0 saturated heterocycles. The summed E-state index contributed by atoms with van der Waals surface area (Å²) in [6.45, 7) is 3.36. The van der Waals surface area contributed by atoms with Crippen LogP contribution >= 0.6 is 12.4 Å². The number of anilines is 1. The molecule has 1 aliphatic carbocycles. The molecule has 110 valence electrons. The molecule has 4 N–H and O–H groups in total. The predicted octanol–water partition coefficient (Wildman–Crippen LogP) is 1.74. The summed E-state index contributed by atoms with van der Waals surface area (Å²) in [4.78, 5) is 22.9. The van der Waals surface area contributed by atoms with Crippen molar-refractivity contribution in [1.82, 2.24) is 5.32 Å². The number of amides is 2. The molecule has 0 heterocycles. The number of carbonyl (C=O) groups excluding carboxylic acids is 2. The predicted molar refractivity (Wildman–Crippen MR) is 80.7 cm³/mol. The zero-order valence-electron chi connectivity index (χ0n) is 11.6. The third-order valence-corrected chi connectivity index (χ3v) is 3.30. The van der Waals surface area contributed by atoms with Crippen LogP contribution in [0.4, 0.5) is 5.69 Å². The van der Waals surface area contributed by atoms with Crippen LogP contribution in [-0.2, 0) is 9.59 Å². The van der Waals surface area contributed by atoms with Crippen molar-refractivity contribution in [3.63, 3.8) is 0 Å². The number of halogens is 1. The van der Waals surface area contributed by atoms with Gasteiger partial charge < -0.3 is 16.4 Å². The molecule has 1 atom stereocenters. The van der Waals surface area contributed by atoms with Crippen molar-refractivity contribution >= 4 is 29.9 Å². The highest BCUT2D eigenvalue weighted by Crippen LogP contribution is 2.33. The Bertz CT molecular complexity index is 515. The Labute approximate surface area is 124 Å². The van der Waals surface area contributed by atoms with Gasteiger partial charge in [-0.15, -0.1) is 12.4 Å². The number of benzene rings is 1. The van der Waals surface area contributed by atoms with Crippen LogP contribution in [0.25, 0.3) is 0 Å². The van der Waals surface area contributed by atoms with Crippen molar-refractivity contribution in [2.24, 2.45) is 5.73 Å². The Balaban J connectivity index is 0.00000200. The van der Waals surface area contributed by atoms with Crippen LogP contribution in [0.1, 0.15) is 38.3 Å². The van der Waals surface area contributed by atoms with Gasteiger partial charge in [0.1, 0.15) is 0 Å². The second-order valence-electron chi connectivity index (χ2n) is 5.16. The fourth-order valence-electron chi connectivity index (χ4n) is 1.87. The minimum atomic E-state index is -0.663. The topological polar surface area (TPSA) is 84.2 Å². The number of nitrogens with two attached hydrogens (primary N) is 1. The second-order valence-corrected chi connectivity index (χ2v) is 5.16. The first kappa shape index (κ1) is 16.5. The summed E-state index contributed by atoms with van der Waals surface area (Å²) in [6.07, 6.45) is 1.50. The first-order valence-electron chi connectivity index (χ1n) is 6.38. The molecule has 2 amide bonds. The maximum Gasteiger partial charge on any atom is 0.240 e. The first-order chi connectivity index (χ1) is 8.90. The lowest BCUT2D eigenvalue weighted by molar-refractivity contribution is -0.124. The van der Waals surface area contributed by atoms with Crippen LogP contribution in [0.2, 0.25) is 0 Å². The summed E-state index contributed by atoms with van der Waals surface area (Å²) in [5.74, 6) is -0.224. The Morgan fingerprint density at radius 1 is 1.35 bits per heavy atom. The van der Waals surface area contributed by atoms with E-state index in [-0.39, 0.29) is 30.3 Å². The molecule has 0 aromatic heterocycles. The van der Waals surface area contributed by atoms with E-state index in [1.807, 2.05) is 31.2 Å². The van der Waals surface area contributed by atoms with E-state index in [0.29, 0.717) is 0 Å². The van der Waals surface area contributed by atoms with E-state index in [1.54, 1.807) is 0 Å².